The lowest BCUT2D eigenvalue weighted by Crippen LogP contribution is -2.43. The van der Waals surface area contributed by atoms with Crippen LogP contribution in [0.3, 0.4) is 0 Å². The largest absolute Gasteiger partial charge is 0.338 e. The normalized spacial score (nSPS) is 19.4. The van der Waals surface area contributed by atoms with Crippen molar-refractivity contribution in [1.29, 1.82) is 0 Å². The summed E-state index contributed by atoms with van der Waals surface area (Å²) < 4.78 is 0.749. The summed E-state index contributed by atoms with van der Waals surface area (Å²) in [6.45, 7) is 6.88. The minimum atomic E-state index is -0.0929. The first-order valence-corrected chi connectivity index (χ1v) is 8.09. The zero-order chi connectivity index (χ0) is 13.8. The molecule has 0 spiro atoms. The van der Waals surface area contributed by atoms with Crippen molar-refractivity contribution in [2.45, 2.75) is 38.6 Å². The molecule has 2 rings (SSSR count). The average molecular weight is 337 g/mol. The maximum Gasteiger partial charge on any atom is 0.230 e. The summed E-state index contributed by atoms with van der Waals surface area (Å²) in [4.78, 5) is 15.8. The average Bonchev–Trinajstić information content (AvgIpc) is 3.05. The maximum absolute atomic E-state index is 12.7. The van der Waals surface area contributed by atoms with Gasteiger partial charge in [-0.05, 0) is 38.4 Å². The van der Waals surface area contributed by atoms with Gasteiger partial charge in [0.2, 0.25) is 5.91 Å². The van der Waals surface area contributed by atoms with Crippen LogP contribution in [0.2, 0.25) is 4.34 Å². The zero-order valence-electron chi connectivity index (χ0n) is 11.9. The van der Waals surface area contributed by atoms with Gasteiger partial charge in [0.25, 0.3) is 0 Å². The fourth-order valence-electron chi connectivity index (χ4n) is 2.55. The zero-order valence-corrected chi connectivity index (χ0v) is 14.3. The number of nitrogens with one attached hydrogen (secondary N) is 1. The summed E-state index contributed by atoms with van der Waals surface area (Å²) in [5.74, 6) is 0.138. The van der Waals surface area contributed by atoms with E-state index in [2.05, 4.69) is 17.1 Å². The minimum absolute atomic E-state index is 0. The lowest BCUT2D eigenvalue weighted by molar-refractivity contribution is -0.134. The first-order valence-electron chi connectivity index (χ1n) is 6.90. The molecule has 2 atom stereocenters. The molecule has 6 heteroatoms. The van der Waals surface area contributed by atoms with Gasteiger partial charge in [-0.3, -0.25) is 4.79 Å². The van der Waals surface area contributed by atoms with Crippen molar-refractivity contribution in [3.8, 4) is 0 Å². The third-order valence-corrected chi connectivity index (χ3v) is 5.03. The van der Waals surface area contributed by atoms with E-state index in [-0.39, 0.29) is 24.2 Å². The molecule has 1 aliphatic heterocycles. The van der Waals surface area contributed by atoms with Crippen LogP contribution >= 0.6 is 35.3 Å². The fourth-order valence-corrected chi connectivity index (χ4v) is 3.66. The molecule has 3 nitrogen and oxygen atoms in total. The fraction of sp³-hybridized carbons (Fsp3) is 0.643. The predicted octanol–water partition coefficient (Wildman–Crippen LogP) is 3.53. The number of rotatable bonds is 5. The molecule has 2 heterocycles. The molecule has 1 saturated heterocycles. The van der Waals surface area contributed by atoms with E-state index < -0.39 is 0 Å². The number of carbonyl (C=O) groups is 1. The maximum atomic E-state index is 12.7. The molecule has 1 N–H and O–H groups in total. The van der Waals surface area contributed by atoms with Crippen LogP contribution in [0.1, 0.15) is 37.5 Å². The first kappa shape index (κ1) is 17.8. The standard InChI is InChI=1S/C14H21ClN2OS.ClH/c1-3-8-17(11-6-7-16-9-11)14(18)10(2)12-4-5-13(15)19-12;/h4-5,10-11,16H,3,6-9H2,1-2H3;1H. The van der Waals surface area contributed by atoms with Gasteiger partial charge in [-0.1, -0.05) is 18.5 Å². The van der Waals surface area contributed by atoms with Gasteiger partial charge in [-0.15, -0.1) is 23.7 Å². The van der Waals surface area contributed by atoms with Crippen molar-refractivity contribution < 1.29 is 4.79 Å². The lowest BCUT2D eigenvalue weighted by atomic mass is 10.1. The second-order valence-corrected chi connectivity index (χ2v) is 6.79. The van der Waals surface area contributed by atoms with E-state index in [9.17, 15) is 4.79 Å². The Kier molecular flexibility index (Phi) is 7.30. The Morgan fingerprint density at radius 2 is 2.35 bits per heavy atom. The second-order valence-electron chi connectivity index (χ2n) is 5.04. The summed E-state index contributed by atoms with van der Waals surface area (Å²) >= 11 is 7.47. The molecule has 0 radical (unpaired) electrons. The molecule has 1 aromatic heterocycles. The van der Waals surface area contributed by atoms with E-state index in [4.69, 9.17) is 11.6 Å². The van der Waals surface area contributed by atoms with Gasteiger partial charge in [0.05, 0.1) is 10.3 Å². The topological polar surface area (TPSA) is 32.3 Å². The van der Waals surface area contributed by atoms with E-state index in [1.807, 2.05) is 19.1 Å². The number of amides is 1. The van der Waals surface area contributed by atoms with Crippen LogP contribution in [-0.2, 0) is 4.79 Å². The highest BCUT2D eigenvalue weighted by Crippen LogP contribution is 2.30. The van der Waals surface area contributed by atoms with Crippen LogP contribution in [-0.4, -0.2) is 36.5 Å². The monoisotopic (exact) mass is 336 g/mol. The highest BCUT2D eigenvalue weighted by atomic mass is 35.5. The number of nitrogens with zero attached hydrogens (tertiary/aromatic N) is 1. The van der Waals surface area contributed by atoms with Crippen LogP contribution in [0, 0.1) is 0 Å². The molecular formula is C14H22Cl2N2OS. The second kappa shape index (κ2) is 8.23. The number of halogens is 2. The van der Waals surface area contributed by atoms with E-state index in [1.165, 1.54) is 11.3 Å². The Hall–Kier alpha value is -0.290. The van der Waals surface area contributed by atoms with Gasteiger partial charge in [-0.25, -0.2) is 0 Å². The van der Waals surface area contributed by atoms with Crippen molar-refractivity contribution in [2.75, 3.05) is 19.6 Å². The highest BCUT2D eigenvalue weighted by Gasteiger charge is 2.29. The molecule has 1 aliphatic rings. The Morgan fingerprint density at radius 3 is 2.85 bits per heavy atom. The van der Waals surface area contributed by atoms with Crippen LogP contribution in [0.15, 0.2) is 12.1 Å². The van der Waals surface area contributed by atoms with Crippen molar-refractivity contribution >= 4 is 41.3 Å². The van der Waals surface area contributed by atoms with Crippen molar-refractivity contribution in [3.05, 3.63) is 21.3 Å². The molecule has 2 unspecified atom stereocenters. The Morgan fingerprint density at radius 1 is 1.60 bits per heavy atom. The quantitative estimate of drug-likeness (QED) is 0.891. The summed E-state index contributed by atoms with van der Waals surface area (Å²) in [6, 6.07) is 4.18. The SMILES string of the molecule is CCCN(C(=O)C(C)c1ccc(Cl)s1)C1CCNC1.Cl. The number of hydrogen-bond acceptors (Lipinski definition) is 3. The molecule has 0 aromatic carbocycles. The minimum Gasteiger partial charge on any atom is -0.338 e. The molecule has 20 heavy (non-hydrogen) atoms. The molecule has 0 bridgehead atoms. The molecule has 0 saturated carbocycles. The third-order valence-electron chi connectivity index (χ3n) is 3.61. The summed E-state index contributed by atoms with van der Waals surface area (Å²) in [5, 5.41) is 3.34. The van der Waals surface area contributed by atoms with Gasteiger partial charge >= 0.3 is 0 Å². The smallest absolute Gasteiger partial charge is 0.230 e. The highest BCUT2D eigenvalue weighted by molar-refractivity contribution is 7.16. The van der Waals surface area contributed by atoms with E-state index >= 15 is 0 Å². The molecular weight excluding hydrogens is 315 g/mol. The summed E-state index contributed by atoms with van der Waals surface area (Å²) in [5.41, 5.74) is 0. The number of carbonyl (C=O) groups excluding carboxylic acids is 1. The van der Waals surface area contributed by atoms with Gasteiger partial charge in [0, 0.05) is 24.0 Å². The van der Waals surface area contributed by atoms with Crippen molar-refractivity contribution in [2.24, 2.45) is 0 Å². The Bertz CT molecular complexity index is 433. The van der Waals surface area contributed by atoms with E-state index in [0.717, 1.165) is 41.7 Å². The van der Waals surface area contributed by atoms with Gasteiger partial charge in [0.1, 0.15) is 0 Å². The Balaban J connectivity index is 0.00000200. The van der Waals surface area contributed by atoms with Gasteiger partial charge in [-0.2, -0.15) is 0 Å². The number of thiophene rings is 1. The van der Waals surface area contributed by atoms with E-state index in [1.54, 1.807) is 0 Å². The van der Waals surface area contributed by atoms with Crippen molar-refractivity contribution in [1.82, 2.24) is 10.2 Å². The molecule has 1 amide bonds. The van der Waals surface area contributed by atoms with Crippen LogP contribution in [0.5, 0.6) is 0 Å². The molecule has 0 aliphatic carbocycles. The van der Waals surface area contributed by atoms with Gasteiger partial charge in [0.15, 0.2) is 0 Å². The summed E-state index contributed by atoms with van der Waals surface area (Å²) in [7, 11) is 0. The third kappa shape index (κ3) is 4.10. The van der Waals surface area contributed by atoms with Crippen LogP contribution in [0.25, 0.3) is 0 Å². The molecule has 1 aromatic rings. The van der Waals surface area contributed by atoms with Crippen LogP contribution in [0.4, 0.5) is 0 Å². The van der Waals surface area contributed by atoms with Crippen LogP contribution < -0.4 is 5.32 Å². The van der Waals surface area contributed by atoms with E-state index in [0.29, 0.717) is 6.04 Å². The first-order chi connectivity index (χ1) is 9.13. The lowest BCUT2D eigenvalue weighted by Gasteiger charge is -2.30. The predicted molar refractivity (Wildman–Crippen MR) is 88.3 cm³/mol. The molecule has 1 fully saturated rings. The van der Waals surface area contributed by atoms with Gasteiger partial charge < -0.3 is 10.2 Å². The Labute approximate surface area is 136 Å². The molecule has 114 valence electrons. The summed E-state index contributed by atoms with van der Waals surface area (Å²) in [6.07, 6.45) is 2.06. The number of hydrogen-bond donors (Lipinski definition) is 1. The van der Waals surface area contributed by atoms with Crippen molar-refractivity contribution in [3.63, 3.8) is 0 Å².